The lowest BCUT2D eigenvalue weighted by atomic mass is 10.3. The number of rotatable bonds is 2. The van der Waals surface area contributed by atoms with E-state index in [-0.39, 0.29) is 11.9 Å². The van der Waals surface area contributed by atoms with Crippen molar-refractivity contribution in [2.24, 2.45) is 0 Å². The molecule has 3 nitrogen and oxygen atoms in total. The average molecular weight is 256 g/mol. The second-order valence-corrected chi connectivity index (χ2v) is 5.36. The lowest BCUT2D eigenvalue weighted by Crippen LogP contribution is -2.23. The summed E-state index contributed by atoms with van der Waals surface area (Å²) < 4.78 is -0.289. The van der Waals surface area contributed by atoms with Gasteiger partial charge in [0.25, 0.3) is 3.79 Å². The van der Waals surface area contributed by atoms with Gasteiger partial charge in [-0.1, -0.05) is 34.8 Å². The largest absolute Gasteiger partial charge is 0.326 e. The minimum Gasteiger partial charge on any atom is -0.326 e. The first-order valence-corrected chi connectivity index (χ1v) is 5.11. The minimum atomic E-state index is -1.95. The van der Waals surface area contributed by atoms with Crippen LogP contribution in [0.2, 0.25) is 0 Å². The molecule has 0 aliphatic carbocycles. The summed E-state index contributed by atoms with van der Waals surface area (Å²) in [6.07, 6.45) is 3.18. The topological polar surface area (TPSA) is 34.9 Å². The van der Waals surface area contributed by atoms with Crippen LogP contribution >= 0.6 is 34.8 Å². The van der Waals surface area contributed by atoms with E-state index < -0.39 is 9.58 Å². The van der Waals surface area contributed by atoms with Crippen molar-refractivity contribution >= 4 is 40.6 Å². The smallest absolute Gasteiger partial charge is 0.256 e. The van der Waals surface area contributed by atoms with Crippen LogP contribution in [0.3, 0.4) is 0 Å². The molecule has 78 valence electrons. The monoisotopic (exact) mass is 254 g/mol. The molecule has 1 heterocycles. The van der Waals surface area contributed by atoms with Crippen molar-refractivity contribution in [3.05, 3.63) is 18.2 Å². The fourth-order valence-electron chi connectivity index (χ4n) is 1.03. The Hall–Kier alpha value is -0.250. The summed E-state index contributed by atoms with van der Waals surface area (Å²) in [5.74, 6) is -0.443. The van der Waals surface area contributed by atoms with Gasteiger partial charge >= 0.3 is 0 Å². The van der Waals surface area contributed by atoms with Gasteiger partial charge in [-0.15, -0.1) is 0 Å². The van der Waals surface area contributed by atoms with Crippen LogP contribution in [0.15, 0.2) is 12.4 Å². The van der Waals surface area contributed by atoms with Gasteiger partial charge in [-0.3, -0.25) is 4.79 Å². The number of hydrogen-bond acceptors (Lipinski definition) is 2. The molecule has 6 heteroatoms. The van der Waals surface area contributed by atoms with E-state index in [1.54, 1.807) is 10.8 Å². The van der Waals surface area contributed by atoms with Crippen molar-refractivity contribution in [2.75, 3.05) is 0 Å². The number of nitrogens with zero attached hydrogens (tertiary/aromatic N) is 2. The molecule has 14 heavy (non-hydrogen) atoms. The highest BCUT2D eigenvalue weighted by Gasteiger charge is 2.34. The molecule has 0 radical (unpaired) electrons. The summed E-state index contributed by atoms with van der Waals surface area (Å²) in [6.45, 7) is 3.83. The number of Topliss-reactive ketones (excluding diaryl/α,β-unsaturated/α-hetero) is 1. The van der Waals surface area contributed by atoms with Gasteiger partial charge in [-0.25, -0.2) is 4.98 Å². The molecule has 0 saturated carbocycles. The first-order chi connectivity index (χ1) is 6.34. The predicted octanol–water partition coefficient (Wildman–Crippen LogP) is 3.02. The van der Waals surface area contributed by atoms with E-state index in [4.69, 9.17) is 34.8 Å². The molecular formula is C8H9Cl3N2O. The molecule has 0 bridgehead atoms. The fourth-order valence-corrected chi connectivity index (χ4v) is 1.29. The SMILES string of the molecule is CC(C)n1ccnc1C(=O)C(Cl)(Cl)Cl. The highest BCUT2D eigenvalue weighted by atomic mass is 35.6. The van der Waals surface area contributed by atoms with Crippen LogP contribution in [0, 0.1) is 0 Å². The van der Waals surface area contributed by atoms with E-state index in [1.807, 2.05) is 13.8 Å². The van der Waals surface area contributed by atoms with E-state index in [9.17, 15) is 4.79 Å². The Balaban J connectivity index is 3.08. The number of alkyl halides is 3. The molecule has 0 unspecified atom stereocenters. The third-order valence-electron chi connectivity index (χ3n) is 1.69. The van der Waals surface area contributed by atoms with Gasteiger partial charge in [0.1, 0.15) is 0 Å². The van der Waals surface area contributed by atoms with Crippen molar-refractivity contribution in [3.8, 4) is 0 Å². The number of carbonyl (C=O) groups excluding carboxylic acids is 1. The highest BCUT2D eigenvalue weighted by molar-refractivity contribution is 6.77. The van der Waals surface area contributed by atoms with Gasteiger partial charge in [-0.2, -0.15) is 0 Å². The summed E-state index contributed by atoms with van der Waals surface area (Å²) >= 11 is 16.4. The number of aromatic nitrogens is 2. The zero-order valence-corrected chi connectivity index (χ0v) is 9.94. The number of carbonyl (C=O) groups is 1. The minimum absolute atomic E-state index is 0.101. The molecule has 0 aliphatic heterocycles. The lowest BCUT2D eigenvalue weighted by molar-refractivity contribution is 0.0981. The molecule has 1 rings (SSSR count). The quantitative estimate of drug-likeness (QED) is 0.601. The van der Waals surface area contributed by atoms with Crippen molar-refractivity contribution in [3.63, 3.8) is 0 Å². The van der Waals surface area contributed by atoms with Crippen molar-refractivity contribution < 1.29 is 4.79 Å². The molecule has 0 spiro atoms. The van der Waals surface area contributed by atoms with Crippen LogP contribution in [0.4, 0.5) is 0 Å². The maximum absolute atomic E-state index is 11.6. The second kappa shape index (κ2) is 4.09. The molecule has 1 aromatic rings. The van der Waals surface area contributed by atoms with Crippen molar-refractivity contribution in [1.29, 1.82) is 0 Å². The summed E-state index contributed by atoms with van der Waals surface area (Å²) in [5, 5.41) is 0. The van der Waals surface area contributed by atoms with E-state index in [0.717, 1.165) is 0 Å². The first-order valence-electron chi connectivity index (χ1n) is 3.98. The molecule has 0 aromatic carbocycles. The zero-order valence-electron chi connectivity index (χ0n) is 7.67. The third kappa shape index (κ3) is 2.41. The maximum atomic E-state index is 11.6. The Bertz CT molecular complexity index is 341. The summed E-state index contributed by atoms with van der Waals surface area (Å²) in [4.78, 5) is 15.4. The molecular weight excluding hydrogens is 246 g/mol. The number of hydrogen-bond donors (Lipinski definition) is 0. The summed E-state index contributed by atoms with van der Waals surface area (Å²) in [5.41, 5.74) is 0. The zero-order chi connectivity index (χ0) is 10.9. The molecule has 1 aromatic heterocycles. The fraction of sp³-hybridized carbons (Fsp3) is 0.500. The van der Waals surface area contributed by atoms with Crippen LogP contribution in [-0.4, -0.2) is 19.1 Å². The Morgan fingerprint density at radius 1 is 1.50 bits per heavy atom. The summed E-state index contributed by atoms with van der Waals surface area (Å²) in [6, 6.07) is 0.101. The lowest BCUT2D eigenvalue weighted by Gasteiger charge is -2.13. The summed E-state index contributed by atoms with van der Waals surface area (Å²) in [7, 11) is 0. The van der Waals surface area contributed by atoms with Gasteiger partial charge < -0.3 is 4.57 Å². The van der Waals surface area contributed by atoms with Gasteiger partial charge in [0.2, 0.25) is 5.78 Å². The molecule has 0 aliphatic rings. The number of imidazole rings is 1. The Morgan fingerprint density at radius 2 is 2.07 bits per heavy atom. The van der Waals surface area contributed by atoms with E-state index in [1.165, 1.54) is 6.20 Å². The van der Waals surface area contributed by atoms with E-state index in [0.29, 0.717) is 0 Å². The van der Waals surface area contributed by atoms with Gasteiger partial charge in [0, 0.05) is 18.4 Å². The molecule has 0 atom stereocenters. The predicted molar refractivity (Wildman–Crippen MR) is 57.2 cm³/mol. The van der Waals surface area contributed by atoms with E-state index in [2.05, 4.69) is 4.98 Å². The van der Waals surface area contributed by atoms with E-state index >= 15 is 0 Å². The van der Waals surface area contributed by atoms with Crippen LogP contribution in [0.25, 0.3) is 0 Å². The Kier molecular flexibility index (Phi) is 3.45. The van der Waals surface area contributed by atoms with Gasteiger partial charge in [0.15, 0.2) is 5.82 Å². The van der Waals surface area contributed by atoms with Crippen LogP contribution in [0.5, 0.6) is 0 Å². The highest BCUT2D eigenvalue weighted by Crippen LogP contribution is 2.30. The van der Waals surface area contributed by atoms with Crippen LogP contribution in [-0.2, 0) is 0 Å². The number of ketones is 1. The van der Waals surface area contributed by atoms with Gasteiger partial charge in [0.05, 0.1) is 0 Å². The van der Waals surface area contributed by atoms with Gasteiger partial charge in [-0.05, 0) is 13.8 Å². The normalized spacial score (nSPS) is 12.1. The third-order valence-corrected chi connectivity index (χ3v) is 2.20. The Morgan fingerprint density at radius 3 is 2.50 bits per heavy atom. The van der Waals surface area contributed by atoms with Crippen LogP contribution in [0.1, 0.15) is 30.5 Å². The van der Waals surface area contributed by atoms with Crippen molar-refractivity contribution in [2.45, 2.75) is 23.7 Å². The van der Waals surface area contributed by atoms with Crippen molar-refractivity contribution in [1.82, 2.24) is 9.55 Å². The number of halogens is 3. The molecule has 0 saturated heterocycles. The standard InChI is InChI=1S/C8H9Cl3N2O/c1-5(2)13-4-3-12-7(13)6(14)8(9,10)11/h3-5H,1-2H3. The second-order valence-electron chi connectivity index (χ2n) is 3.08. The molecule has 0 fully saturated rings. The average Bonchev–Trinajstić information content (AvgIpc) is 2.48. The maximum Gasteiger partial charge on any atom is 0.256 e. The van der Waals surface area contributed by atoms with Crippen LogP contribution < -0.4 is 0 Å². The Labute approximate surface area is 97.0 Å². The molecule has 0 amide bonds. The first kappa shape index (κ1) is 11.8. The molecule has 0 N–H and O–H groups in total.